The first-order chi connectivity index (χ1) is 17.6. The molecule has 2 atom stereocenters. The van der Waals surface area contributed by atoms with E-state index in [1.807, 2.05) is 38.3 Å². The summed E-state index contributed by atoms with van der Waals surface area (Å²) in [6, 6.07) is 14.5. The highest BCUT2D eigenvalue weighted by Gasteiger charge is 2.30. The van der Waals surface area contributed by atoms with Gasteiger partial charge in [-0.1, -0.05) is 43.7 Å². The van der Waals surface area contributed by atoms with Gasteiger partial charge in [0.15, 0.2) is 0 Å². The number of aryl methyl sites for hydroxylation is 1. The zero-order valence-electron chi connectivity index (χ0n) is 21.0. The van der Waals surface area contributed by atoms with E-state index in [9.17, 15) is 24.4 Å². The van der Waals surface area contributed by atoms with Gasteiger partial charge in [-0.2, -0.15) is 0 Å². The number of hydrogen-bond acceptors (Lipinski definition) is 7. The number of nitrogens with one attached hydrogen (secondary N) is 3. The number of amides is 3. The van der Waals surface area contributed by atoms with Gasteiger partial charge in [-0.3, -0.25) is 14.4 Å². The van der Waals surface area contributed by atoms with Gasteiger partial charge in [0.05, 0.1) is 16.5 Å². The summed E-state index contributed by atoms with van der Waals surface area (Å²) in [6.45, 7) is 5.46. The van der Waals surface area contributed by atoms with Crippen molar-refractivity contribution in [2.24, 2.45) is 5.92 Å². The fourth-order valence-corrected chi connectivity index (χ4v) is 4.31. The maximum Gasteiger partial charge on any atom is 0.475 e. The molecule has 0 saturated carbocycles. The van der Waals surface area contributed by atoms with Crippen molar-refractivity contribution in [3.63, 3.8) is 0 Å². The Kier molecular flexibility index (Phi) is 9.96. The second-order valence-electron chi connectivity index (χ2n) is 9.15. The maximum atomic E-state index is 13.1. The van der Waals surface area contributed by atoms with Crippen LogP contribution in [0.15, 0.2) is 60.0 Å². The van der Waals surface area contributed by atoms with Crippen LogP contribution in [0.1, 0.15) is 46.7 Å². The highest BCUT2D eigenvalue weighted by molar-refractivity contribution is 7.13. The zero-order chi connectivity index (χ0) is 26.9. The van der Waals surface area contributed by atoms with Crippen LogP contribution in [0, 0.1) is 12.8 Å². The lowest BCUT2D eigenvalue weighted by atomic mass is 9.75. The lowest BCUT2D eigenvalue weighted by Gasteiger charge is -2.24. The van der Waals surface area contributed by atoms with E-state index in [0.29, 0.717) is 17.7 Å². The minimum absolute atomic E-state index is 0.0746. The van der Waals surface area contributed by atoms with Crippen LogP contribution in [-0.2, 0) is 4.79 Å². The van der Waals surface area contributed by atoms with Crippen LogP contribution in [0.5, 0.6) is 0 Å². The first-order valence-corrected chi connectivity index (χ1v) is 12.8. The summed E-state index contributed by atoms with van der Waals surface area (Å²) in [5.41, 5.74) is 2.13. The number of carbonyl (C=O) groups excluding carboxylic acids is 3. The summed E-state index contributed by atoms with van der Waals surface area (Å²) in [7, 11) is -1.78. The van der Waals surface area contributed by atoms with Crippen molar-refractivity contribution >= 4 is 36.2 Å². The zero-order valence-corrected chi connectivity index (χ0v) is 21.8. The van der Waals surface area contributed by atoms with Gasteiger partial charge in [0.25, 0.3) is 11.8 Å². The Balaban J connectivity index is 1.77. The molecule has 37 heavy (non-hydrogen) atoms. The molecule has 0 aliphatic carbocycles. The average molecular weight is 522 g/mol. The molecule has 0 fully saturated rings. The second kappa shape index (κ2) is 13.1. The summed E-state index contributed by atoms with van der Waals surface area (Å²) in [6.07, 6.45) is 0.310. The van der Waals surface area contributed by atoms with Crippen molar-refractivity contribution < 1.29 is 24.4 Å². The molecule has 3 rings (SSSR count). The van der Waals surface area contributed by atoms with Gasteiger partial charge < -0.3 is 26.0 Å². The predicted octanol–water partition coefficient (Wildman–Crippen LogP) is 2.19. The van der Waals surface area contributed by atoms with Crippen molar-refractivity contribution in [2.45, 2.75) is 39.2 Å². The van der Waals surface area contributed by atoms with Gasteiger partial charge in [0.2, 0.25) is 5.91 Å². The van der Waals surface area contributed by atoms with E-state index in [1.54, 1.807) is 36.4 Å². The maximum absolute atomic E-state index is 13.1. The minimum atomic E-state index is -1.78. The molecule has 0 radical (unpaired) electrons. The lowest BCUT2D eigenvalue weighted by molar-refractivity contribution is -0.123. The fraction of sp³-hybridized carbons (Fsp3) is 0.308. The van der Waals surface area contributed by atoms with Crippen LogP contribution >= 0.6 is 11.3 Å². The summed E-state index contributed by atoms with van der Waals surface area (Å²) < 4.78 is 0. The smallest absolute Gasteiger partial charge is 0.426 e. The molecule has 11 heteroatoms. The van der Waals surface area contributed by atoms with Crippen molar-refractivity contribution in [1.29, 1.82) is 0 Å². The Morgan fingerprint density at radius 3 is 2.32 bits per heavy atom. The molecule has 0 unspecified atom stereocenters. The van der Waals surface area contributed by atoms with Crippen molar-refractivity contribution in [3.05, 3.63) is 76.8 Å². The number of carbonyl (C=O) groups is 3. The summed E-state index contributed by atoms with van der Waals surface area (Å²) >= 11 is 1.49. The van der Waals surface area contributed by atoms with E-state index < -0.39 is 36.8 Å². The Hall–Kier alpha value is -3.54. The summed E-state index contributed by atoms with van der Waals surface area (Å²) in [5.74, 6) is -2.55. The second-order valence-corrected chi connectivity index (χ2v) is 10.1. The van der Waals surface area contributed by atoms with Gasteiger partial charge in [0, 0.05) is 12.1 Å². The van der Waals surface area contributed by atoms with Gasteiger partial charge in [-0.05, 0) is 55.0 Å². The molecule has 1 aromatic carbocycles. The molecule has 0 aliphatic heterocycles. The standard InChI is InChI=1S/C26H31BN4O5S/c1-16(2)14-23(27(35)36)31-26(34)21(15-28-24(32)18-11-9-17(3)10-12-18)30-25(33)20-7-4-6-19(29-20)22-8-5-13-37-22/h4-13,16,21,23,35-36H,14-15H2,1-3H3,(H,28,32)(H,30,33)(H,31,34)/t21-,23-/m0/s1. The fourth-order valence-electron chi connectivity index (χ4n) is 3.61. The van der Waals surface area contributed by atoms with Crippen molar-refractivity contribution in [3.8, 4) is 10.6 Å². The first-order valence-electron chi connectivity index (χ1n) is 12.0. The van der Waals surface area contributed by atoms with E-state index in [1.165, 1.54) is 17.4 Å². The molecule has 5 N–H and O–H groups in total. The van der Waals surface area contributed by atoms with Gasteiger partial charge in [-0.25, -0.2) is 4.98 Å². The summed E-state index contributed by atoms with van der Waals surface area (Å²) in [4.78, 5) is 44.1. The highest BCUT2D eigenvalue weighted by Crippen LogP contribution is 2.22. The minimum Gasteiger partial charge on any atom is -0.426 e. The van der Waals surface area contributed by atoms with E-state index in [4.69, 9.17) is 0 Å². The molecule has 3 aromatic rings. The summed E-state index contributed by atoms with van der Waals surface area (Å²) in [5, 5.41) is 29.3. The third-order valence-electron chi connectivity index (χ3n) is 5.57. The van der Waals surface area contributed by atoms with E-state index >= 15 is 0 Å². The number of hydrogen-bond donors (Lipinski definition) is 5. The highest BCUT2D eigenvalue weighted by atomic mass is 32.1. The first kappa shape index (κ1) is 28.0. The molecule has 2 aromatic heterocycles. The molecule has 0 bridgehead atoms. The molecular weight excluding hydrogens is 491 g/mol. The third kappa shape index (κ3) is 8.24. The van der Waals surface area contributed by atoms with Gasteiger partial charge in [-0.15, -0.1) is 11.3 Å². The number of benzene rings is 1. The molecule has 194 valence electrons. The van der Waals surface area contributed by atoms with Gasteiger partial charge in [0.1, 0.15) is 11.7 Å². The van der Waals surface area contributed by atoms with Crippen molar-refractivity contribution in [1.82, 2.24) is 20.9 Å². The Morgan fingerprint density at radius 2 is 1.70 bits per heavy atom. The molecule has 0 spiro atoms. The van der Waals surface area contributed by atoms with E-state index in [-0.39, 0.29) is 18.2 Å². The number of rotatable bonds is 11. The van der Waals surface area contributed by atoms with Crippen LogP contribution in [0.2, 0.25) is 0 Å². The Morgan fingerprint density at radius 1 is 0.973 bits per heavy atom. The van der Waals surface area contributed by atoms with Crippen LogP contribution in [0.4, 0.5) is 0 Å². The quantitative estimate of drug-likeness (QED) is 0.245. The van der Waals surface area contributed by atoms with E-state index in [0.717, 1.165) is 10.4 Å². The molecule has 3 amide bonds. The Bertz CT molecular complexity index is 1200. The number of aromatic nitrogens is 1. The monoisotopic (exact) mass is 522 g/mol. The number of pyridine rings is 1. The van der Waals surface area contributed by atoms with E-state index in [2.05, 4.69) is 20.9 Å². The SMILES string of the molecule is Cc1ccc(C(=O)NC[C@H](NC(=O)c2cccc(-c3cccs3)n2)C(=O)N[C@@H](CC(C)C)B(O)O)cc1. The molecule has 0 aliphatic rings. The molecule has 2 heterocycles. The molecular formula is C26H31BN4O5S. The number of nitrogens with zero attached hydrogens (tertiary/aromatic N) is 1. The third-order valence-corrected chi connectivity index (χ3v) is 6.46. The Labute approximate surface area is 220 Å². The van der Waals surface area contributed by atoms with Crippen LogP contribution in [-0.4, -0.2) is 58.4 Å². The molecule has 0 saturated heterocycles. The van der Waals surface area contributed by atoms with Gasteiger partial charge >= 0.3 is 7.12 Å². The topological polar surface area (TPSA) is 141 Å². The normalized spacial score (nSPS) is 12.5. The van der Waals surface area contributed by atoms with Crippen LogP contribution in [0.25, 0.3) is 10.6 Å². The predicted molar refractivity (Wildman–Crippen MR) is 144 cm³/mol. The molecule has 9 nitrogen and oxygen atoms in total. The average Bonchev–Trinajstić information content (AvgIpc) is 3.41. The van der Waals surface area contributed by atoms with Crippen molar-refractivity contribution in [2.75, 3.05) is 6.54 Å². The lowest BCUT2D eigenvalue weighted by Crippen LogP contribution is -2.57. The van der Waals surface area contributed by atoms with Crippen LogP contribution < -0.4 is 16.0 Å². The van der Waals surface area contributed by atoms with Crippen LogP contribution in [0.3, 0.4) is 0 Å². The largest absolute Gasteiger partial charge is 0.475 e. The number of thiophene rings is 1.